The molecule has 0 aliphatic carbocycles. The number of hydrogen-bond acceptors (Lipinski definition) is 3. The highest BCUT2D eigenvalue weighted by molar-refractivity contribution is 5.85. The van der Waals surface area contributed by atoms with Crippen molar-refractivity contribution in [1.82, 2.24) is 16.0 Å². The molecular weight excluding hydrogens is 266 g/mol. The van der Waals surface area contributed by atoms with Gasteiger partial charge in [0.15, 0.2) is 0 Å². The fraction of sp³-hybridized carbons (Fsp3) is 0.846. The maximum Gasteiger partial charge on any atom is 0.227 e. The summed E-state index contributed by atoms with van der Waals surface area (Å²) in [7, 11) is 1.61. The molecule has 112 valence electrons. The summed E-state index contributed by atoms with van der Waals surface area (Å²) < 4.78 is 0. The maximum atomic E-state index is 12.2. The van der Waals surface area contributed by atoms with Gasteiger partial charge in [-0.1, -0.05) is 0 Å². The smallest absolute Gasteiger partial charge is 0.227 e. The monoisotopic (exact) mass is 291 g/mol. The van der Waals surface area contributed by atoms with Crippen molar-refractivity contribution >= 4 is 24.2 Å². The third-order valence-corrected chi connectivity index (χ3v) is 3.68. The van der Waals surface area contributed by atoms with Crippen LogP contribution < -0.4 is 16.0 Å². The van der Waals surface area contributed by atoms with E-state index in [0.29, 0.717) is 13.1 Å². The molecule has 6 heteroatoms. The molecule has 1 saturated heterocycles. The minimum absolute atomic E-state index is 0. The van der Waals surface area contributed by atoms with Gasteiger partial charge in [0.25, 0.3) is 0 Å². The predicted molar refractivity (Wildman–Crippen MR) is 78.3 cm³/mol. The second-order valence-corrected chi connectivity index (χ2v) is 5.99. The Balaban J connectivity index is 0.00000324. The first-order valence-corrected chi connectivity index (χ1v) is 6.53. The van der Waals surface area contributed by atoms with Crippen LogP contribution in [-0.2, 0) is 9.59 Å². The standard InChI is InChI=1S/C13H25N3O2.ClH/c1-12(2,10(17)14-4)8-16-11(18)13(3)6-5-7-15-9-13;/h15H,5-9H2,1-4H3,(H,14,17)(H,16,18);1H. The number of rotatable bonds is 4. The average molecular weight is 292 g/mol. The van der Waals surface area contributed by atoms with Crippen molar-refractivity contribution in [3.8, 4) is 0 Å². The van der Waals surface area contributed by atoms with Crippen molar-refractivity contribution in [2.24, 2.45) is 10.8 Å². The molecule has 0 saturated carbocycles. The fourth-order valence-corrected chi connectivity index (χ4v) is 2.18. The molecule has 1 fully saturated rings. The molecule has 0 aromatic carbocycles. The van der Waals surface area contributed by atoms with Crippen LogP contribution in [0, 0.1) is 10.8 Å². The number of amides is 2. The highest BCUT2D eigenvalue weighted by Gasteiger charge is 2.36. The van der Waals surface area contributed by atoms with Crippen LogP contribution in [0.5, 0.6) is 0 Å². The first-order chi connectivity index (χ1) is 8.32. The van der Waals surface area contributed by atoms with E-state index in [4.69, 9.17) is 0 Å². The van der Waals surface area contributed by atoms with Gasteiger partial charge in [-0.3, -0.25) is 9.59 Å². The first-order valence-electron chi connectivity index (χ1n) is 6.53. The fourth-order valence-electron chi connectivity index (χ4n) is 2.18. The van der Waals surface area contributed by atoms with Crippen molar-refractivity contribution < 1.29 is 9.59 Å². The van der Waals surface area contributed by atoms with Crippen LogP contribution in [0.4, 0.5) is 0 Å². The molecule has 1 rings (SSSR count). The Morgan fingerprint density at radius 2 is 2.00 bits per heavy atom. The van der Waals surface area contributed by atoms with E-state index in [-0.39, 0.29) is 29.6 Å². The van der Waals surface area contributed by atoms with Crippen LogP contribution in [0.15, 0.2) is 0 Å². The molecule has 1 aliphatic rings. The van der Waals surface area contributed by atoms with E-state index in [1.54, 1.807) is 7.05 Å². The van der Waals surface area contributed by atoms with Gasteiger partial charge in [0.05, 0.1) is 10.8 Å². The third-order valence-electron chi connectivity index (χ3n) is 3.68. The van der Waals surface area contributed by atoms with E-state index < -0.39 is 5.41 Å². The molecule has 0 radical (unpaired) electrons. The van der Waals surface area contributed by atoms with Crippen molar-refractivity contribution in [1.29, 1.82) is 0 Å². The molecule has 0 aromatic rings. The molecule has 1 heterocycles. The maximum absolute atomic E-state index is 12.2. The summed E-state index contributed by atoms with van der Waals surface area (Å²) in [5.41, 5.74) is -0.931. The van der Waals surface area contributed by atoms with E-state index in [1.807, 2.05) is 20.8 Å². The summed E-state index contributed by atoms with van der Waals surface area (Å²) in [6, 6.07) is 0. The lowest BCUT2D eigenvalue weighted by Gasteiger charge is -2.34. The molecule has 0 bridgehead atoms. The van der Waals surface area contributed by atoms with Crippen molar-refractivity contribution in [3.05, 3.63) is 0 Å². The Morgan fingerprint density at radius 3 is 2.47 bits per heavy atom. The van der Waals surface area contributed by atoms with Gasteiger partial charge in [-0.05, 0) is 40.2 Å². The van der Waals surface area contributed by atoms with Crippen molar-refractivity contribution in [2.45, 2.75) is 33.6 Å². The highest BCUT2D eigenvalue weighted by atomic mass is 35.5. The Hall–Kier alpha value is -0.810. The predicted octanol–water partition coefficient (Wildman–Crippen LogP) is 0.686. The zero-order valence-corrected chi connectivity index (χ0v) is 13.1. The van der Waals surface area contributed by atoms with Crippen LogP contribution in [0.2, 0.25) is 0 Å². The van der Waals surface area contributed by atoms with E-state index in [0.717, 1.165) is 19.4 Å². The molecule has 0 aromatic heterocycles. The van der Waals surface area contributed by atoms with Gasteiger partial charge < -0.3 is 16.0 Å². The quantitative estimate of drug-likeness (QED) is 0.714. The third kappa shape index (κ3) is 4.66. The number of carbonyl (C=O) groups excluding carboxylic acids is 2. The Labute approximate surface area is 121 Å². The van der Waals surface area contributed by atoms with Crippen molar-refractivity contribution in [2.75, 3.05) is 26.7 Å². The molecule has 19 heavy (non-hydrogen) atoms. The van der Waals surface area contributed by atoms with Crippen LogP contribution in [0.1, 0.15) is 33.6 Å². The lowest BCUT2D eigenvalue weighted by atomic mass is 9.81. The lowest BCUT2D eigenvalue weighted by molar-refractivity contribution is -0.133. The molecule has 0 spiro atoms. The Morgan fingerprint density at radius 1 is 1.37 bits per heavy atom. The number of carbonyl (C=O) groups is 2. The molecule has 5 nitrogen and oxygen atoms in total. The molecular formula is C13H26ClN3O2. The van der Waals surface area contributed by atoms with E-state index in [1.165, 1.54) is 0 Å². The van der Waals surface area contributed by atoms with Crippen molar-refractivity contribution in [3.63, 3.8) is 0 Å². The zero-order chi connectivity index (χ0) is 13.8. The SMILES string of the molecule is CNC(=O)C(C)(C)CNC(=O)C1(C)CCCNC1.Cl. The van der Waals surface area contributed by atoms with Gasteiger partial charge >= 0.3 is 0 Å². The number of halogens is 1. The minimum Gasteiger partial charge on any atom is -0.359 e. The van der Waals surface area contributed by atoms with E-state index in [9.17, 15) is 9.59 Å². The summed E-state index contributed by atoms with van der Waals surface area (Å²) in [4.78, 5) is 23.8. The summed E-state index contributed by atoms with van der Waals surface area (Å²) in [6.45, 7) is 7.68. The van der Waals surface area contributed by atoms with Crippen LogP contribution in [0.25, 0.3) is 0 Å². The minimum atomic E-state index is -0.580. The van der Waals surface area contributed by atoms with Gasteiger partial charge in [0, 0.05) is 20.1 Å². The average Bonchev–Trinajstić information content (AvgIpc) is 2.35. The van der Waals surface area contributed by atoms with Crippen LogP contribution in [-0.4, -0.2) is 38.5 Å². The highest BCUT2D eigenvalue weighted by Crippen LogP contribution is 2.26. The van der Waals surface area contributed by atoms with Crippen LogP contribution in [0.3, 0.4) is 0 Å². The second kappa shape index (κ2) is 7.10. The second-order valence-electron chi connectivity index (χ2n) is 5.99. The molecule has 1 atom stereocenters. The topological polar surface area (TPSA) is 70.2 Å². The van der Waals surface area contributed by atoms with Crippen LogP contribution >= 0.6 is 12.4 Å². The molecule has 1 unspecified atom stereocenters. The summed E-state index contributed by atoms with van der Waals surface area (Å²) >= 11 is 0. The zero-order valence-electron chi connectivity index (χ0n) is 12.3. The normalized spacial score (nSPS) is 23.2. The Bertz CT molecular complexity index is 326. The van der Waals surface area contributed by atoms with E-state index >= 15 is 0 Å². The van der Waals surface area contributed by atoms with Gasteiger partial charge in [-0.15, -0.1) is 12.4 Å². The molecule has 1 aliphatic heterocycles. The largest absolute Gasteiger partial charge is 0.359 e. The molecule has 3 N–H and O–H groups in total. The number of piperidine rings is 1. The molecule has 2 amide bonds. The summed E-state index contributed by atoms with van der Waals surface area (Å²) in [6.07, 6.45) is 1.91. The summed E-state index contributed by atoms with van der Waals surface area (Å²) in [5, 5.41) is 8.77. The summed E-state index contributed by atoms with van der Waals surface area (Å²) in [5.74, 6) is -0.0265. The van der Waals surface area contributed by atoms with Gasteiger partial charge in [-0.2, -0.15) is 0 Å². The van der Waals surface area contributed by atoms with Gasteiger partial charge in [0.2, 0.25) is 11.8 Å². The Kier molecular flexibility index (Phi) is 6.80. The van der Waals surface area contributed by atoms with E-state index in [2.05, 4.69) is 16.0 Å². The van der Waals surface area contributed by atoms with Gasteiger partial charge in [-0.25, -0.2) is 0 Å². The lowest BCUT2D eigenvalue weighted by Crippen LogP contribution is -2.52. The van der Waals surface area contributed by atoms with Gasteiger partial charge in [0.1, 0.15) is 0 Å². The number of hydrogen-bond donors (Lipinski definition) is 3. The first kappa shape index (κ1) is 18.2. The number of nitrogens with one attached hydrogen (secondary N) is 3.